The van der Waals surface area contributed by atoms with E-state index in [0.717, 1.165) is 11.1 Å². The van der Waals surface area contributed by atoms with Crippen LogP contribution in [0.25, 0.3) is 11.4 Å². The zero-order valence-electron chi connectivity index (χ0n) is 15.7. The van der Waals surface area contributed by atoms with Crippen molar-refractivity contribution in [3.63, 3.8) is 0 Å². The van der Waals surface area contributed by atoms with Crippen molar-refractivity contribution in [3.05, 3.63) is 53.6 Å². The summed E-state index contributed by atoms with van der Waals surface area (Å²) < 4.78 is 10.6. The van der Waals surface area contributed by atoms with Crippen LogP contribution in [0.1, 0.15) is 15.9 Å². The van der Waals surface area contributed by atoms with Gasteiger partial charge in [0, 0.05) is 25.2 Å². The lowest BCUT2D eigenvalue weighted by atomic mass is 10.1. The average molecular weight is 367 g/mol. The fourth-order valence-corrected chi connectivity index (χ4v) is 2.63. The van der Waals surface area contributed by atoms with E-state index in [2.05, 4.69) is 15.4 Å². The van der Waals surface area contributed by atoms with Crippen LogP contribution in [-0.2, 0) is 6.54 Å². The van der Waals surface area contributed by atoms with Gasteiger partial charge in [0.2, 0.25) is 5.82 Å². The number of tetrazole rings is 1. The van der Waals surface area contributed by atoms with E-state index in [1.165, 1.54) is 4.80 Å². The van der Waals surface area contributed by atoms with E-state index < -0.39 is 0 Å². The second-order valence-electron chi connectivity index (χ2n) is 6.11. The van der Waals surface area contributed by atoms with E-state index in [9.17, 15) is 4.79 Å². The minimum Gasteiger partial charge on any atom is -0.493 e. The number of ether oxygens (including phenoxy) is 2. The molecule has 1 aromatic heterocycles. The first kappa shape index (κ1) is 18.4. The number of carbonyl (C=O) groups is 1. The van der Waals surface area contributed by atoms with Crippen LogP contribution in [0.15, 0.2) is 42.5 Å². The highest BCUT2D eigenvalue weighted by molar-refractivity contribution is 5.94. The first-order valence-corrected chi connectivity index (χ1v) is 8.32. The Morgan fingerprint density at radius 1 is 1.07 bits per heavy atom. The minimum atomic E-state index is -0.0468. The van der Waals surface area contributed by atoms with Crippen molar-refractivity contribution in [2.75, 3.05) is 28.3 Å². The van der Waals surface area contributed by atoms with Crippen molar-refractivity contribution in [3.8, 4) is 22.9 Å². The van der Waals surface area contributed by atoms with Gasteiger partial charge in [-0.05, 0) is 41.1 Å². The van der Waals surface area contributed by atoms with Crippen LogP contribution < -0.4 is 9.47 Å². The Morgan fingerprint density at radius 2 is 1.85 bits per heavy atom. The predicted octanol–water partition coefficient (Wildman–Crippen LogP) is 2.11. The fraction of sp³-hybridized carbons (Fsp3) is 0.263. The third-order valence-electron chi connectivity index (χ3n) is 4.00. The summed E-state index contributed by atoms with van der Waals surface area (Å²) in [6.07, 6.45) is 0. The quantitative estimate of drug-likeness (QED) is 0.664. The van der Waals surface area contributed by atoms with E-state index in [1.807, 2.05) is 24.3 Å². The summed E-state index contributed by atoms with van der Waals surface area (Å²) in [5.74, 6) is 1.67. The van der Waals surface area contributed by atoms with Crippen LogP contribution >= 0.6 is 0 Å². The Hall–Kier alpha value is -3.42. The van der Waals surface area contributed by atoms with Crippen molar-refractivity contribution >= 4 is 5.91 Å². The lowest BCUT2D eigenvalue weighted by molar-refractivity contribution is 0.0827. The number of carbonyl (C=O) groups excluding carboxylic acids is 1. The van der Waals surface area contributed by atoms with Crippen molar-refractivity contribution < 1.29 is 14.3 Å². The fourth-order valence-electron chi connectivity index (χ4n) is 2.63. The molecule has 3 rings (SSSR count). The molecule has 0 radical (unpaired) electrons. The van der Waals surface area contributed by atoms with E-state index in [-0.39, 0.29) is 5.91 Å². The molecule has 0 saturated carbocycles. The molecular formula is C19H21N5O3. The SMILES string of the molecule is COc1ccc(-c2nnn(Cc3cccc(C(=O)N(C)C)c3)n2)cc1OC. The zero-order chi connectivity index (χ0) is 19.4. The molecular weight excluding hydrogens is 346 g/mol. The first-order valence-electron chi connectivity index (χ1n) is 8.32. The normalized spacial score (nSPS) is 10.5. The molecule has 1 heterocycles. The third-order valence-corrected chi connectivity index (χ3v) is 4.00. The average Bonchev–Trinajstić information content (AvgIpc) is 3.15. The Morgan fingerprint density at radius 3 is 2.56 bits per heavy atom. The number of benzene rings is 2. The van der Waals surface area contributed by atoms with E-state index in [4.69, 9.17) is 9.47 Å². The highest BCUT2D eigenvalue weighted by Gasteiger charge is 2.12. The van der Waals surface area contributed by atoms with Gasteiger partial charge in [0.25, 0.3) is 5.91 Å². The second-order valence-corrected chi connectivity index (χ2v) is 6.11. The molecule has 0 fully saturated rings. The van der Waals surface area contributed by atoms with Crippen molar-refractivity contribution in [2.45, 2.75) is 6.54 Å². The van der Waals surface area contributed by atoms with Gasteiger partial charge in [-0.2, -0.15) is 4.80 Å². The second kappa shape index (κ2) is 7.86. The summed E-state index contributed by atoms with van der Waals surface area (Å²) in [5.41, 5.74) is 2.31. The molecule has 0 atom stereocenters. The van der Waals surface area contributed by atoms with Crippen LogP contribution in [0, 0.1) is 0 Å². The molecule has 0 bridgehead atoms. The molecule has 0 N–H and O–H groups in total. The Kier molecular flexibility index (Phi) is 5.35. The molecule has 1 amide bonds. The number of methoxy groups -OCH3 is 2. The number of rotatable bonds is 6. The number of amides is 1. The van der Waals surface area contributed by atoms with Gasteiger partial charge in [-0.25, -0.2) is 0 Å². The van der Waals surface area contributed by atoms with Crippen molar-refractivity contribution in [1.82, 2.24) is 25.1 Å². The van der Waals surface area contributed by atoms with Crippen molar-refractivity contribution in [2.24, 2.45) is 0 Å². The third kappa shape index (κ3) is 4.05. The molecule has 3 aromatic rings. The van der Waals surface area contributed by atoms with Crippen LogP contribution in [0.2, 0.25) is 0 Å². The Balaban J connectivity index is 1.81. The van der Waals surface area contributed by atoms with Gasteiger partial charge in [0.15, 0.2) is 11.5 Å². The van der Waals surface area contributed by atoms with Gasteiger partial charge in [-0.3, -0.25) is 4.79 Å². The molecule has 27 heavy (non-hydrogen) atoms. The summed E-state index contributed by atoms with van der Waals surface area (Å²) in [6, 6.07) is 12.8. The molecule has 0 aliphatic rings. The summed E-state index contributed by atoms with van der Waals surface area (Å²) in [6.45, 7) is 0.412. The molecule has 0 spiro atoms. The molecule has 0 saturated heterocycles. The molecule has 140 valence electrons. The predicted molar refractivity (Wildman–Crippen MR) is 99.9 cm³/mol. The van der Waals surface area contributed by atoms with E-state index in [0.29, 0.717) is 29.4 Å². The van der Waals surface area contributed by atoms with Gasteiger partial charge in [0.05, 0.1) is 20.8 Å². The Labute approximate surface area is 157 Å². The van der Waals surface area contributed by atoms with Crippen LogP contribution in [0.4, 0.5) is 0 Å². The van der Waals surface area contributed by atoms with Crippen LogP contribution in [0.3, 0.4) is 0 Å². The topological polar surface area (TPSA) is 82.4 Å². The number of hydrogen-bond donors (Lipinski definition) is 0. The van der Waals surface area contributed by atoms with E-state index in [1.54, 1.807) is 51.4 Å². The summed E-state index contributed by atoms with van der Waals surface area (Å²) in [4.78, 5) is 15.1. The van der Waals surface area contributed by atoms with Gasteiger partial charge < -0.3 is 14.4 Å². The lowest BCUT2D eigenvalue weighted by Crippen LogP contribution is -2.21. The summed E-state index contributed by atoms with van der Waals surface area (Å²) in [5, 5.41) is 12.6. The molecule has 8 nitrogen and oxygen atoms in total. The smallest absolute Gasteiger partial charge is 0.253 e. The van der Waals surface area contributed by atoms with Crippen LogP contribution in [-0.4, -0.2) is 59.3 Å². The van der Waals surface area contributed by atoms with Gasteiger partial charge in [0.1, 0.15) is 0 Å². The molecule has 0 unspecified atom stereocenters. The first-order chi connectivity index (χ1) is 13.0. The largest absolute Gasteiger partial charge is 0.493 e. The van der Waals surface area contributed by atoms with Gasteiger partial charge in [-0.15, -0.1) is 10.2 Å². The monoisotopic (exact) mass is 367 g/mol. The molecule has 8 heteroatoms. The number of hydrogen-bond acceptors (Lipinski definition) is 6. The highest BCUT2D eigenvalue weighted by Crippen LogP contribution is 2.30. The minimum absolute atomic E-state index is 0.0468. The highest BCUT2D eigenvalue weighted by atomic mass is 16.5. The maximum atomic E-state index is 12.1. The standard InChI is InChI=1S/C19H21N5O3/c1-23(2)19(25)15-7-5-6-13(10-15)12-24-21-18(20-22-24)14-8-9-16(26-3)17(11-14)27-4/h5-11H,12H2,1-4H3. The molecule has 0 aliphatic heterocycles. The number of aromatic nitrogens is 4. The summed E-state index contributed by atoms with van der Waals surface area (Å²) in [7, 11) is 6.61. The number of nitrogens with zero attached hydrogens (tertiary/aromatic N) is 5. The van der Waals surface area contributed by atoms with Gasteiger partial charge in [-0.1, -0.05) is 12.1 Å². The molecule has 0 aliphatic carbocycles. The van der Waals surface area contributed by atoms with Crippen LogP contribution in [0.5, 0.6) is 11.5 Å². The molecule has 2 aromatic carbocycles. The Bertz CT molecular complexity index is 952. The lowest BCUT2D eigenvalue weighted by Gasteiger charge is -2.10. The van der Waals surface area contributed by atoms with Crippen molar-refractivity contribution in [1.29, 1.82) is 0 Å². The maximum absolute atomic E-state index is 12.1. The van der Waals surface area contributed by atoms with Gasteiger partial charge >= 0.3 is 0 Å². The zero-order valence-corrected chi connectivity index (χ0v) is 15.7. The maximum Gasteiger partial charge on any atom is 0.253 e. The summed E-state index contributed by atoms with van der Waals surface area (Å²) >= 11 is 0. The van der Waals surface area contributed by atoms with E-state index >= 15 is 0 Å².